The van der Waals surface area contributed by atoms with Gasteiger partial charge in [-0.3, -0.25) is 9.69 Å². The van der Waals surface area contributed by atoms with E-state index in [1.54, 1.807) is 11.2 Å². The molecule has 1 aliphatic heterocycles. The zero-order chi connectivity index (χ0) is 16.4. The van der Waals surface area contributed by atoms with Crippen molar-refractivity contribution in [3.63, 3.8) is 0 Å². The second-order valence-electron chi connectivity index (χ2n) is 5.14. The second kappa shape index (κ2) is 6.39. The van der Waals surface area contributed by atoms with Crippen LogP contribution in [0.5, 0.6) is 0 Å². The van der Waals surface area contributed by atoms with Gasteiger partial charge in [0, 0.05) is 26.2 Å². The van der Waals surface area contributed by atoms with Crippen LogP contribution in [0.15, 0.2) is 22.8 Å². The molecule has 10 heteroatoms. The van der Waals surface area contributed by atoms with E-state index in [1.807, 2.05) is 12.1 Å². The van der Waals surface area contributed by atoms with Gasteiger partial charge in [0.15, 0.2) is 10.7 Å². The molecule has 0 spiro atoms. The Morgan fingerprint density at radius 1 is 1.43 bits per heavy atom. The van der Waals surface area contributed by atoms with Gasteiger partial charge in [-0.05, 0) is 17.1 Å². The molecule has 0 radical (unpaired) electrons. The number of aromatic nitrogens is 2. The molecular weight excluding hydrogens is 326 g/mol. The van der Waals surface area contributed by atoms with Crippen LogP contribution in [-0.4, -0.2) is 57.0 Å². The van der Waals surface area contributed by atoms with Crippen LogP contribution in [-0.2, 0) is 6.54 Å². The van der Waals surface area contributed by atoms with Crippen molar-refractivity contribution in [2.24, 2.45) is 0 Å². The van der Waals surface area contributed by atoms with Crippen LogP contribution < -0.4 is 0 Å². The number of carbonyl (C=O) groups is 1. The predicted molar refractivity (Wildman–Crippen MR) is 80.1 cm³/mol. The van der Waals surface area contributed by atoms with Crippen molar-refractivity contribution in [2.45, 2.75) is 6.54 Å². The Morgan fingerprint density at radius 2 is 2.17 bits per heavy atom. The third kappa shape index (κ3) is 3.20. The number of piperazine rings is 1. The first-order valence-electron chi connectivity index (χ1n) is 6.98. The van der Waals surface area contributed by atoms with Crippen LogP contribution >= 0.6 is 11.6 Å². The molecule has 1 amide bonds. The highest BCUT2D eigenvalue weighted by atomic mass is 35.5. The van der Waals surface area contributed by atoms with Gasteiger partial charge >= 0.3 is 5.82 Å². The maximum Gasteiger partial charge on any atom is 0.362 e. The maximum absolute atomic E-state index is 12.4. The van der Waals surface area contributed by atoms with Gasteiger partial charge in [0.25, 0.3) is 5.91 Å². The lowest BCUT2D eigenvalue weighted by molar-refractivity contribution is -0.389. The van der Waals surface area contributed by atoms with E-state index in [0.717, 1.165) is 5.76 Å². The first-order valence-corrected chi connectivity index (χ1v) is 7.36. The smallest absolute Gasteiger partial charge is 0.362 e. The molecule has 2 aromatic heterocycles. The van der Waals surface area contributed by atoms with E-state index in [0.29, 0.717) is 32.7 Å². The monoisotopic (exact) mass is 339 g/mol. The van der Waals surface area contributed by atoms with Crippen LogP contribution in [0.3, 0.4) is 0 Å². The summed E-state index contributed by atoms with van der Waals surface area (Å²) in [6.45, 7) is 3.03. The number of nitro groups is 1. The van der Waals surface area contributed by atoms with Crippen molar-refractivity contribution in [2.75, 3.05) is 26.2 Å². The Morgan fingerprint density at radius 3 is 2.74 bits per heavy atom. The highest BCUT2D eigenvalue weighted by Crippen LogP contribution is 2.26. The molecular formula is C13H14ClN5O4. The standard InChI is InChI=1S/C13H14ClN5O4/c14-10-11(15-16-12(10)19(21)22)13(20)18-5-3-17(4-6-18)8-9-2-1-7-23-9/h1-2,7H,3-6,8H2,(H,15,16). The molecule has 3 rings (SSSR count). The third-order valence-electron chi connectivity index (χ3n) is 3.69. The number of rotatable bonds is 4. The first-order chi connectivity index (χ1) is 11.1. The summed E-state index contributed by atoms with van der Waals surface area (Å²) in [5.41, 5.74) is -0.113. The van der Waals surface area contributed by atoms with Crippen molar-refractivity contribution in [1.82, 2.24) is 20.0 Å². The molecule has 0 unspecified atom stereocenters. The van der Waals surface area contributed by atoms with Gasteiger partial charge in [-0.15, -0.1) is 5.10 Å². The molecule has 3 heterocycles. The number of hydrogen-bond acceptors (Lipinski definition) is 6. The molecule has 23 heavy (non-hydrogen) atoms. The molecule has 1 fully saturated rings. The normalized spacial score (nSPS) is 15.8. The zero-order valence-corrected chi connectivity index (χ0v) is 12.8. The number of nitrogens with zero attached hydrogens (tertiary/aromatic N) is 4. The zero-order valence-electron chi connectivity index (χ0n) is 12.1. The van der Waals surface area contributed by atoms with Crippen LogP contribution in [0.1, 0.15) is 16.2 Å². The molecule has 1 saturated heterocycles. The van der Waals surface area contributed by atoms with Crippen molar-refractivity contribution in [3.05, 3.63) is 45.0 Å². The number of aromatic amines is 1. The van der Waals surface area contributed by atoms with E-state index in [2.05, 4.69) is 15.1 Å². The number of hydrogen-bond donors (Lipinski definition) is 1. The number of nitrogens with one attached hydrogen (secondary N) is 1. The average molecular weight is 340 g/mol. The topological polar surface area (TPSA) is 109 Å². The van der Waals surface area contributed by atoms with Gasteiger partial charge in [-0.2, -0.15) is 0 Å². The summed E-state index contributed by atoms with van der Waals surface area (Å²) < 4.78 is 5.30. The lowest BCUT2D eigenvalue weighted by Crippen LogP contribution is -2.48. The highest BCUT2D eigenvalue weighted by Gasteiger charge is 2.30. The summed E-state index contributed by atoms with van der Waals surface area (Å²) in [5, 5.41) is 16.3. The Bertz CT molecular complexity index is 706. The first kappa shape index (κ1) is 15.5. The molecule has 0 saturated carbocycles. The van der Waals surface area contributed by atoms with Crippen LogP contribution in [0, 0.1) is 10.1 Å². The minimum Gasteiger partial charge on any atom is -0.468 e. The van der Waals surface area contributed by atoms with Gasteiger partial charge in [-0.1, -0.05) is 16.7 Å². The van der Waals surface area contributed by atoms with Crippen LogP contribution in [0.25, 0.3) is 0 Å². The Hall–Kier alpha value is -2.39. The van der Waals surface area contributed by atoms with Crippen LogP contribution in [0.4, 0.5) is 5.82 Å². The fraction of sp³-hybridized carbons (Fsp3) is 0.385. The van der Waals surface area contributed by atoms with Gasteiger partial charge in [-0.25, -0.2) is 0 Å². The van der Waals surface area contributed by atoms with E-state index < -0.39 is 16.6 Å². The van der Waals surface area contributed by atoms with E-state index in [4.69, 9.17) is 16.0 Å². The van der Waals surface area contributed by atoms with Gasteiger partial charge in [0.2, 0.25) is 0 Å². The Balaban J connectivity index is 1.61. The maximum atomic E-state index is 12.4. The molecule has 2 aromatic rings. The lowest BCUT2D eigenvalue weighted by Gasteiger charge is -2.33. The van der Waals surface area contributed by atoms with Crippen molar-refractivity contribution in [3.8, 4) is 0 Å². The fourth-order valence-corrected chi connectivity index (χ4v) is 2.70. The molecule has 122 valence electrons. The minimum absolute atomic E-state index is 0.113. The fourth-order valence-electron chi connectivity index (χ4n) is 2.46. The van der Waals surface area contributed by atoms with Crippen LogP contribution in [0.2, 0.25) is 5.02 Å². The van der Waals surface area contributed by atoms with Gasteiger partial charge < -0.3 is 19.4 Å². The number of furan rings is 1. The molecule has 0 aromatic carbocycles. The largest absolute Gasteiger partial charge is 0.468 e. The summed E-state index contributed by atoms with van der Waals surface area (Å²) in [5.74, 6) is -0.000724. The van der Waals surface area contributed by atoms with Crippen molar-refractivity contribution >= 4 is 23.3 Å². The van der Waals surface area contributed by atoms with E-state index >= 15 is 0 Å². The second-order valence-corrected chi connectivity index (χ2v) is 5.52. The molecule has 0 aliphatic carbocycles. The summed E-state index contributed by atoms with van der Waals surface area (Å²) >= 11 is 5.85. The summed E-state index contributed by atoms with van der Waals surface area (Å²) in [4.78, 5) is 26.2. The van der Waals surface area contributed by atoms with Gasteiger partial charge in [0.05, 0.1) is 12.8 Å². The average Bonchev–Trinajstić information content (AvgIpc) is 3.17. The summed E-state index contributed by atoms with van der Waals surface area (Å²) in [7, 11) is 0. The van der Waals surface area contributed by atoms with E-state index in [9.17, 15) is 14.9 Å². The van der Waals surface area contributed by atoms with Gasteiger partial charge in [0.1, 0.15) is 5.76 Å². The Labute approximate surface area is 136 Å². The molecule has 0 bridgehead atoms. The SMILES string of the molecule is O=C(c1n[nH]c([N+](=O)[O-])c1Cl)N1CCN(Cc2ccco2)CC1. The molecule has 9 nitrogen and oxygen atoms in total. The lowest BCUT2D eigenvalue weighted by atomic mass is 10.2. The van der Waals surface area contributed by atoms with Crippen molar-refractivity contribution < 1.29 is 14.1 Å². The predicted octanol–water partition coefficient (Wildman–Crippen LogP) is 1.52. The molecule has 1 aliphatic rings. The number of H-pyrrole nitrogens is 1. The Kier molecular flexibility index (Phi) is 4.30. The number of amides is 1. The molecule has 0 atom stereocenters. The number of carbonyl (C=O) groups excluding carboxylic acids is 1. The molecule has 1 N–H and O–H groups in total. The summed E-state index contributed by atoms with van der Waals surface area (Å²) in [6.07, 6.45) is 1.63. The quantitative estimate of drug-likeness (QED) is 0.668. The minimum atomic E-state index is -0.701. The highest BCUT2D eigenvalue weighted by molar-refractivity contribution is 6.35. The van der Waals surface area contributed by atoms with E-state index in [-0.39, 0.29) is 10.7 Å². The third-order valence-corrected chi connectivity index (χ3v) is 4.05. The number of halogens is 1. The summed E-state index contributed by atoms with van der Waals surface area (Å²) in [6, 6.07) is 3.74. The van der Waals surface area contributed by atoms with E-state index in [1.165, 1.54) is 0 Å². The van der Waals surface area contributed by atoms with Crippen molar-refractivity contribution in [1.29, 1.82) is 0 Å².